The van der Waals surface area contributed by atoms with Crippen molar-refractivity contribution in [3.8, 4) is 0 Å². The van der Waals surface area contributed by atoms with Crippen LogP contribution in [0, 0.1) is 5.92 Å². The van der Waals surface area contributed by atoms with Crippen molar-refractivity contribution in [1.82, 2.24) is 19.8 Å². The monoisotopic (exact) mass is 292 g/mol. The van der Waals surface area contributed by atoms with Crippen LogP contribution < -0.4 is 5.32 Å². The van der Waals surface area contributed by atoms with E-state index in [4.69, 9.17) is 4.74 Å². The Morgan fingerprint density at radius 2 is 2.38 bits per heavy atom. The Morgan fingerprint density at radius 1 is 1.52 bits per heavy atom. The van der Waals surface area contributed by atoms with Crippen LogP contribution >= 0.6 is 0 Å². The van der Waals surface area contributed by atoms with Crippen molar-refractivity contribution in [1.29, 1.82) is 0 Å². The highest BCUT2D eigenvalue weighted by Gasteiger charge is 2.55. The minimum Gasteiger partial charge on any atom is -0.376 e. The summed E-state index contributed by atoms with van der Waals surface area (Å²) >= 11 is 0. The summed E-state index contributed by atoms with van der Waals surface area (Å²) < 4.78 is 7.76. The van der Waals surface area contributed by atoms with Crippen LogP contribution in [0.5, 0.6) is 0 Å². The van der Waals surface area contributed by atoms with Gasteiger partial charge >= 0.3 is 0 Å². The van der Waals surface area contributed by atoms with Crippen LogP contribution in [0.2, 0.25) is 0 Å². The van der Waals surface area contributed by atoms with Gasteiger partial charge in [0.25, 0.3) is 0 Å². The first kappa shape index (κ1) is 14.5. The summed E-state index contributed by atoms with van der Waals surface area (Å²) in [5.41, 5.74) is 0. The summed E-state index contributed by atoms with van der Waals surface area (Å²) in [6, 6.07) is 0.559. The molecule has 1 saturated heterocycles. The Bertz CT molecular complexity index is 474. The van der Waals surface area contributed by atoms with Crippen molar-refractivity contribution < 1.29 is 9.53 Å². The number of fused-ring (bicyclic) bond motifs is 1. The van der Waals surface area contributed by atoms with Gasteiger partial charge in [0.05, 0.1) is 24.5 Å². The zero-order valence-electron chi connectivity index (χ0n) is 12.7. The average Bonchev–Trinajstić information content (AvgIpc) is 3.05. The molecule has 1 aliphatic heterocycles. The third-order valence-corrected chi connectivity index (χ3v) is 4.65. The quantitative estimate of drug-likeness (QED) is 0.829. The maximum absolute atomic E-state index is 12.1. The highest BCUT2D eigenvalue weighted by Crippen LogP contribution is 2.41. The van der Waals surface area contributed by atoms with Crippen LogP contribution in [0.15, 0.2) is 18.7 Å². The number of nitrogens with one attached hydrogen (secondary N) is 1. The number of carbonyl (C=O) groups is 1. The number of imidazole rings is 1. The van der Waals surface area contributed by atoms with Gasteiger partial charge in [-0.25, -0.2) is 4.98 Å². The normalized spacial score (nSPS) is 31.0. The minimum atomic E-state index is 0.150. The molecule has 1 amide bonds. The fourth-order valence-electron chi connectivity index (χ4n) is 3.58. The third kappa shape index (κ3) is 2.96. The molecular formula is C15H24N4O2. The third-order valence-electron chi connectivity index (χ3n) is 4.65. The summed E-state index contributed by atoms with van der Waals surface area (Å²) in [6.45, 7) is 1.66. The van der Waals surface area contributed by atoms with Gasteiger partial charge in [-0.1, -0.05) is 0 Å². The van der Waals surface area contributed by atoms with Gasteiger partial charge in [-0.05, 0) is 26.9 Å². The van der Waals surface area contributed by atoms with Crippen molar-refractivity contribution >= 4 is 5.91 Å². The van der Waals surface area contributed by atoms with Crippen molar-refractivity contribution in [2.75, 3.05) is 20.7 Å². The summed E-state index contributed by atoms with van der Waals surface area (Å²) in [7, 11) is 4.11. The molecule has 6 nitrogen and oxygen atoms in total. The van der Waals surface area contributed by atoms with Gasteiger partial charge in [-0.3, -0.25) is 4.79 Å². The van der Waals surface area contributed by atoms with E-state index in [1.165, 1.54) is 0 Å². The average molecular weight is 292 g/mol. The summed E-state index contributed by atoms with van der Waals surface area (Å²) in [5.74, 6) is 0.646. The maximum atomic E-state index is 12.1. The highest BCUT2D eigenvalue weighted by molar-refractivity contribution is 5.76. The number of hydrogen-bond acceptors (Lipinski definition) is 4. The van der Waals surface area contributed by atoms with E-state index >= 15 is 0 Å². The molecule has 3 rings (SSSR count). The number of likely N-dealkylation sites (N-methyl/N-ethyl adjacent to an activating group) is 1. The number of carbonyl (C=O) groups excluding carboxylic acids is 1. The SMILES string of the molecule is CN(C)[C@@H]1[C@@H](NC(=O)CCCn2ccnc2)[C@H]2CCO[C@H]21. The molecule has 0 aromatic carbocycles. The van der Waals surface area contributed by atoms with Gasteiger partial charge in [-0.2, -0.15) is 0 Å². The van der Waals surface area contributed by atoms with Gasteiger partial charge in [0.1, 0.15) is 0 Å². The Morgan fingerprint density at radius 3 is 3.10 bits per heavy atom. The maximum Gasteiger partial charge on any atom is 0.220 e. The molecule has 0 radical (unpaired) electrons. The first-order valence-corrected chi connectivity index (χ1v) is 7.70. The minimum absolute atomic E-state index is 0.150. The molecule has 0 spiro atoms. The Labute approximate surface area is 125 Å². The van der Waals surface area contributed by atoms with Crippen molar-refractivity contribution in [3.63, 3.8) is 0 Å². The molecule has 2 fully saturated rings. The molecule has 2 heterocycles. The van der Waals surface area contributed by atoms with E-state index in [-0.39, 0.29) is 11.9 Å². The van der Waals surface area contributed by atoms with E-state index in [2.05, 4.69) is 29.3 Å². The lowest BCUT2D eigenvalue weighted by atomic mass is 9.71. The van der Waals surface area contributed by atoms with E-state index in [1.807, 2.05) is 10.8 Å². The fraction of sp³-hybridized carbons (Fsp3) is 0.733. The topological polar surface area (TPSA) is 59.4 Å². The second-order valence-electron chi connectivity index (χ2n) is 6.24. The number of aromatic nitrogens is 2. The zero-order chi connectivity index (χ0) is 14.8. The first-order chi connectivity index (χ1) is 10.2. The number of aryl methyl sites for hydroxylation is 1. The number of nitrogens with zero attached hydrogens (tertiary/aromatic N) is 3. The Kier molecular flexibility index (Phi) is 4.26. The molecule has 2 aliphatic rings. The molecule has 0 bridgehead atoms. The molecular weight excluding hydrogens is 268 g/mol. The van der Waals surface area contributed by atoms with Crippen LogP contribution in [-0.2, 0) is 16.1 Å². The number of hydrogen-bond donors (Lipinski definition) is 1. The summed E-state index contributed by atoms with van der Waals surface area (Å²) in [5, 5.41) is 3.21. The van der Waals surface area contributed by atoms with Crippen molar-refractivity contribution in [2.24, 2.45) is 5.92 Å². The lowest BCUT2D eigenvalue weighted by Gasteiger charge is -2.50. The molecule has 1 aromatic heterocycles. The molecule has 0 unspecified atom stereocenters. The van der Waals surface area contributed by atoms with Gasteiger partial charge in [0.2, 0.25) is 5.91 Å². The predicted molar refractivity (Wildman–Crippen MR) is 78.7 cm³/mol. The molecule has 1 N–H and O–H groups in total. The molecule has 1 aromatic rings. The van der Waals surface area contributed by atoms with Gasteiger partial charge < -0.3 is 19.5 Å². The van der Waals surface area contributed by atoms with Crippen LogP contribution in [0.3, 0.4) is 0 Å². The molecule has 1 aliphatic carbocycles. The van der Waals surface area contributed by atoms with E-state index in [0.717, 1.165) is 26.0 Å². The van der Waals surface area contributed by atoms with Crippen LogP contribution in [0.25, 0.3) is 0 Å². The number of rotatable bonds is 6. The van der Waals surface area contributed by atoms with Gasteiger partial charge in [0, 0.05) is 37.9 Å². The summed E-state index contributed by atoms with van der Waals surface area (Å²) in [4.78, 5) is 18.3. The summed E-state index contributed by atoms with van der Waals surface area (Å²) in [6.07, 6.45) is 8.24. The van der Waals surface area contributed by atoms with Crippen LogP contribution in [0.1, 0.15) is 19.3 Å². The van der Waals surface area contributed by atoms with Gasteiger partial charge in [-0.15, -0.1) is 0 Å². The number of amides is 1. The van der Waals surface area contributed by atoms with E-state index in [0.29, 0.717) is 24.5 Å². The number of ether oxygens (including phenoxy) is 1. The highest BCUT2D eigenvalue weighted by atomic mass is 16.5. The fourth-order valence-corrected chi connectivity index (χ4v) is 3.58. The first-order valence-electron chi connectivity index (χ1n) is 7.70. The van der Waals surface area contributed by atoms with Crippen LogP contribution in [0.4, 0.5) is 0 Å². The Balaban J connectivity index is 1.45. The predicted octanol–water partition coefficient (Wildman–Crippen LogP) is 0.497. The Hall–Kier alpha value is -1.40. The molecule has 6 heteroatoms. The molecule has 1 saturated carbocycles. The zero-order valence-corrected chi connectivity index (χ0v) is 12.7. The second-order valence-corrected chi connectivity index (χ2v) is 6.24. The van der Waals surface area contributed by atoms with E-state index in [1.54, 1.807) is 12.5 Å². The van der Waals surface area contributed by atoms with Crippen molar-refractivity contribution in [2.45, 2.75) is 44.0 Å². The second kappa shape index (κ2) is 6.15. The lowest BCUT2D eigenvalue weighted by Crippen LogP contribution is -2.69. The van der Waals surface area contributed by atoms with Crippen molar-refractivity contribution in [3.05, 3.63) is 18.7 Å². The molecule has 4 atom stereocenters. The smallest absolute Gasteiger partial charge is 0.220 e. The lowest BCUT2D eigenvalue weighted by molar-refractivity contribution is -0.128. The standard InChI is InChI=1S/C15H24N4O2/c1-18(2)14-13(11-5-9-21-15(11)14)17-12(20)4-3-7-19-8-6-16-10-19/h6,8,10-11,13-15H,3-5,7,9H2,1-2H3,(H,17,20)/t11-,13+,14-,15-/m1/s1. The largest absolute Gasteiger partial charge is 0.376 e. The van der Waals surface area contributed by atoms with Gasteiger partial charge in [0.15, 0.2) is 0 Å². The van der Waals surface area contributed by atoms with E-state index < -0.39 is 0 Å². The molecule has 21 heavy (non-hydrogen) atoms. The molecule has 116 valence electrons. The van der Waals surface area contributed by atoms with E-state index in [9.17, 15) is 4.79 Å². The van der Waals surface area contributed by atoms with Crippen LogP contribution in [-0.4, -0.2) is 59.2 Å².